The Morgan fingerprint density at radius 1 is 1.18 bits per heavy atom. The van der Waals surface area contributed by atoms with E-state index in [-0.39, 0.29) is 5.56 Å². The smallest absolute Gasteiger partial charge is 0.317 e. The molecule has 0 saturated carbocycles. The highest BCUT2D eigenvalue weighted by atomic mass is 35.5. The summed E-state index contributed by atoms with van der Waals surface area (Å²) in [6, 6.07) is 12.6. The van der Waals surface area contributed by atoms with E-state index < -0.39 is 6.10 Å². The van der Waals surface area contributed by atoms with E-state index >= 15 is 0 Å². The van der Waals surface area contributed by atoms with E-state index in [0.29, 0.717) is 33.9 Å². The highest BCUT2D eigenvalue weighted by Crippen LogP contribution is 2.28. The molecule has 0 aliphatic heterocycles. The molecule has 4 aromatic rings. The minimum Gasteiger partial charge on any atom is -0.454 e. The van der Waals surface area contributed by atoms with Gasteiger partial charge in [0, 0.05) is 41.5 Å². The lowest BCUT2D eigenvalue weighted by Gasteiger charge is -2.10. The van der Waals surface area contributed by atoms with Crippen LogP contribution in [0.4, 0.5) is 0 Å². The van der Waals surface area contributed by atoms with Crippen molar-refractivity contribution in [2.45, 2.75) is 13.0 Å². The first-order valence-electron chi connectivity index (χ1n) is 8.49. The second kappa shape index (κ2) is 7.32. The molecular formula is C19H16ClN5O3. The Morgan fingerprint density at radius 3 is 2.82 bits per heavy atom. The van der Waals surface area contributed by atoms with Crippen molar-refractivity contribution >= 4 is 11.6 Å². The van der Waals surface area contributed by atoms with E-state index in [4.69, 9.17) is 20.9 Å². The minimum atomic E-state index is -0.424. The van der Waals surface area contributed by atoms with Crippen molar-refractivity contribution < 1.29 is 9.26 Å². The Morgan fingerprint density at radius 2 is 2.04 bits per heavy atom. The molecule has 3 aromatic heterocycles. The van der Waals surface area contributed by atoms with Crippen LogP contribution in [0.5, 0.6) is 6.01 Å². The summed E-state index contributed by atoms with van der Waals surface area (Å²) in [6.07, 6.45) is 1.13. The zero-order valence-corrected chi connectivity index (χ0v) is 15.8. The van der Waals surface area contributed by atoms with Crippen LogP contribution in [-0.2, 0) is 7.05 Å². The van der Waals surface area contributed by atoms with Gasteiger partial charge in [-0.3, -0.25) is 9.36 Å². The third kappa shape index (κ3) is 3.54. The van der Waals surface area contributed by atoms with E-state index in [1.54, 1.807) is 42.1 Å². The molecule has 0 radical (unpaired) electrons. The fourth-order valence-electron chi connectivity index (χ4n) is 2.73. The molecule has 0 aliphatic rings. The van der Waals surface area contributed by atoms with Crippen LogP contribution in [0.15, 0.2) is 58.0 Å². The van der Waals surface area contributed by atoms with Gasteiger partial charge in [-0.2, -0.15) is 0 Å². The Bertz CT molecular complexity index is 1180. The second-order valence-electron chi connectivity index (χ2n) is 6.19. The minimum absolute atomic E-state index is 0.215. The molecule has 142 valence electrons. The predicted molar refractivity (Wildman–Crippen MR) is 103 cm³/mol. The summed E-state index contributed by atoms with van der Waals surface area (Å²) in [5.41, 5.74) is 1.86. The van der Waals surface area contributed by atoms with E-state index in [0.717, 1.165) is 5.56 Å². The average molecular weight is 398 g/mol. The number of aromatic nitrogens is 5. The lowest BCUT2D eigenvalue weighted by molar-refractivity contribution is 0.190. The third-order valence-corrected chi connectivity index (χ3v) is 4.44. The molecule has 28 heavy (non-hydrogen) atoms. The van der Waals surface area contributed by atoms with Crippen LogP contribution in [0.2, 0.25) is 5.02 Å². The summed E-state index contributed by atoms with van der Waals surface area (Å²) in [5, 5.41) is 12.9. The van der Waals surface area contributed by atoms with E-state index in [9.17, 15) is 4.79 Å². The summed E-state index contributed by atoms with van der Waals surface area (Å²) in [6.45, 7) is 1.83. The topological polar surface area (TPSA) is 98.8 Å². The van der Waals surface area contributed by atoms with Gasteiger partial charge in [0.25, 0.3) is 0 Å². The second-order valence-corrected chi connectivity index (χ2v) is 6.63. The maximum absolute atomic E-state index is 11.5. The third-order valence-electron chi connectivity index (χ3n) is 4.20. The van der Waals surface area contributed by atoms with Gasteiger partial charge in [-0.15, -0.1) is 5.10 Å². The zero-order valence-electron chi connectivity index (χ0n) is 15.1. The van der Waals surface area contributed by atoms with Crippen molar-refractivity contribution in [2.75, 3.05) is 0 Å². The quantitative estimate of drug-likeness (QED) is 0.552. The van der Waals surface area contributed by atoms with Gasteiger partial charge >= 0.3 is 6.01 Å². The van der Waals surface area contributed by atoms with Crippen molar-refractivity contribution in [1.29, 1.82) is 0 Å². The van der Waals surface area contributed by atoms with E-state index in [1.165, 1.54) is 6.07 Å². The van der Waals surface area contributed by atoms with Gasteiger partial charge < -0.3 is 14.2 Å². The summed E-state index contributed by atoms with van der Waals surface area (Å²) >= 11 is 6.03. The SMILES string of the molecule is CC(Oc1nnc(-c2cc[nH]c(=O)c2)n1C)c1cc(-c2cccc(Cl)c2)on1. The number of nitrogens with one attached hydrogen (secondary N) is 1. The number of hydrogen-bond donors (Lipinski definition) is 1. The van der Waals surface area contributed by atoms with Crippen molar-refractivity contribution in [3.8, 4) is 28.7 Å². The number of ether oxygens (including phenoxy) is 1. The molecule has 0 saturated heterocycles. The standard InChI is InChI=1S/C19H16ClN5O3/c1-11(15-10-16(28-24-15)12-4-3-5-14(20)8-12)27-19-23-22-18(25(19)2)13-6-7-21-17(26)9-13/h3-11H,1-2H3,(H,21,26). The summed E-state index contributed by atoms with van der Waals surface area (Å²) < 4.78 is 13.0. The number of halogens is 1. The fourth-order valence-corrected chi connectivity index (χ4v) is 2.92. The average Bonchev–Trinajstić information content (AvgIpc) is 3.30. The molecule has 1 N–H and O–H groups in total. The van der Waals surface area contributed by atoms with Gasteiger partial charge in [0.1, 0.15) is 11.8 Å². The molecular weight excluding hydrogens is 382 g/mol. The zero-order chi connectivity index (χ0) is 19.7. The van der Waals surface area contributed by atoms with Crippen molar-refractivity contribution in [3.63, 3.8) is 0 Å². The molecule has 0 spiro atoms. The number of benzene rings is 1. The number of H-pyrrole nitrogens is 1. The van der Waals surface area contributed by atoms with Gasteiger partial charge in [-0.1, -0.05) is 34.0 Å². The maximum Gasteiger partial charge on any atom is 0.317 e. The number of nitrogens with zero attached hydrogens (tertiary/aromatic N) is 4. The summed E-state index contributed by atoms with van der Waals surface area (Å²) in [4.78, 5) is 14.1. The summed E-state index contributed by atoms with van der Waals surface area (Å²) in [7, 11) is 1.76. The largest absolute Gasteiger partial charge is 0.454 e. The fraction of sp³-hybridized carbons (Fsp3) is 0.158. The van der Waals surface area contributed by atoms with Gasteiger partial charge in [0.2, 0.25) is 5.56 Å². The lowest BCUT2D eigenvalue weighted by Crippen LogP contribution is -2.08. The molecule has 0 bridgehead atoms. The first kappa shape index (κ1) is 18.0. The van der Waals surface area contributed by atoms with E-state index in [2.05, 4.69) is 20.3 Å². The molecule has 0 fully saturated rings. The predicted octanol–water partition coefficient (Wildman–Crippen LogP) is 3.62. The molecule has 4 rings (SSSR count). The Balaban J connectivity index is 1.55. The number of hydrogen-bond acceptors (Lipinski definition) is 6. The number of pyridine rings is 1. The molecule has 1 atom stereocenters. The van der Waals surface area contributed by atoms with Crippen LogP contribution in [0, 0.1) is 0 Å². The van der Waals surface area contributed by atoms with Gasteiger partial charge in [-0.25, -0.2) is 0 Å². The Hall–Kier alpha value is -3.39. The lowest BCUT2D eigenvalue weighted by atomic mass is 10.1. The number of rotatable bonds is 5. The molecule has 8 nitrogen and oxygen atoms in total. The molecule has 0 aliphatic carbocycles. The van der Waals surface area contributed by atoms with Gasteiger partial charge in [0.15, 0.2) is 11.6 Å². The first-order chi connectivity index (χ1) is 13.5. The molecule has 1 unspecified atom stereocenters. The highest BCUT2D eigenvalue weighted by molar-refractivity contribution is 6.30. The van der Waals surface area contributed by atoms with Crippen molar-refractivity contribution in [3.05, 3.63) is 69.7 Å². The van der Waals surface area contributed by atoms with Crippen molar-refractivity contribution in [1.82, 2.24) is 24.9 Å². The maximum atomic E-state index is 11.5. The van der Waals surface area contributed by atoms with Crippen LogP contribution >= 0.6 is 11.6 Å². The van der Waals surface area contributed by atoms with Crippen LogP contribution in [-0.4, -0.2) is 24.9 Å². The van der Waals surface area contributed by atoms with Gasteiger partial charge in [0.05, 0.1) is 0 Å². The highest BCUT2D eigenvalue weighted by Gasteiger charge is 2.19. The van der Waals surface area contributed by atoms with Crippen LogP contribution < -0.4 is 10.3 Å². The van der Waals surface area contributed by atoms with Crippen LogP contribution in [0.1, 0.15) is 18.7 Å². The van der Waals surface area contributed by atoms with Crippen LogP contribution in [0.3, 0.4) is 0 Å². The first-order valence-corrected chi connectivity index (χ1v) is 8.87. The molecule has 9 heteroatoms. The molecule has 3 heterocycles. The monoisotopic (exact) mass is 397 g/mol. The normalized spacial score (nSPS) is 12.1. The van der Waals surface area contributed by atoms with E-state index in [1.807, 2.05) is 19.1 Å². The Kier molecular flexibility index (Phi) is 4.70. The number of aromatic amines is 1. The van der Waals surface area contributed by atoms with Crippen LogP contribution in [0.25, 0.3) is 22.7 Å². The van der Waals surface area contributed by atoms with Gasteiger partial charge in [-0.05, 0) is 25.1 Å². The summed E-state index contributed by atoms with van der Waals surface area (Å²) in [5.74, 6) is 1.11. The Labute approximate surface area is 164 Å². The molecule has 0 amide bonds. The van der Waals surface area contributed by atoms with Crippen molar-refractivity contribution in [2.24, 2.45) is 7.05 Å². The molecule has 1 aromatic carbocycles.